The molecule has 0 aromatic rings. The van der Waals surface area contributed by atoms with Crippen LogP contribution in [0.5, 0.6) is 0 Å². The molecule has 0 aliphatic rings. The van der Waals surface area contributed by atoms with Crippen LogP contribution < -0.4 is 11.1 Å². The van der Waals surface area contributed by atoms with E-state index in [1.807, 2.05) is 0 Å². The van der Waals surface area contributed by atoms with Crippen LogP contribution in [0.25, 0.3) is 0 Å². The quantitative estimate of drug-likeness (QED) is 0.653. The lowest BCUT2D eigenvalue weighted by Gasteiger charge is -2.29. The third-order valence-electron chi connectivity index (χ3n) is 2.66. The van der Waals surface area contributed by atoms with Crippen molar-refractivity contribution in [3.8, 4) is 0 Å². The number of hydrogen-bond donors (Lipinski definition) is 2. The van der Waals surface area contributed by atoms with Gasteiger partial charge in [0.2, 0.25) is 0 Å². The molecule has 0 atom stereocenters. The standard InChI is InChI=1S/C14H30N2O/c1-7-16-12(2)8-13(3,4)10-17-11-14(5,6)9-15/h16H,2,7-11,15H2,1,3-6H3. The summed E-state index contributed by atoms with van der Waals surface area (Å²) < 4.78 is 5.78. The van der Waals surface area contributed by atoms with Gasteiger partial charge in [0.25, 0.3) is 0 Å². The Balaban J connectivity index is 3.97. The third kappa shape index (κ3) is 8.22. The first kappa shape index (κ1) is 16.5. The predicted molar refractivity (Wildman–Crippen MR) is 74.9 cm³/mol. The molecule has 3 nitrogen and oxygen atoms in total. The maximum absolute atomic E-state index is 5.78. The van der Waals surface area contributed by atoms with E-state index < -0.39 is 0 Å². The lowest BCUT2D eigenvalue weighted by atomic mass is 9.88. The Kier molecular flexibility index (Phi) is 6.80. The van der Waals surface area contributed by atoms with E-state index in [4.69, 9.17) is 10.5 Å². The maximum atomic E-state index is 5.78. The second kappa shape index (κ2) is 7.02. The van der Waals surface area contributed by atoms with E-state index in [2.05, 4.69) is 46.5 Å². The van der Waals surface area contributed by atoms with E-state index in [-0.39, 0.29) is 10.8 Å². The van der Waals surface area contributed by atoms with E-state index in [1.165, 1.54) is 0 Å². The van der Waals surface area contributed by atoms with Gasteiger partial charge in [-0.3, -0.25) is 0 Å². The molecule has 0 aliphatic heterocycles. The summed E-state index contributed by atoms with van der Waals surface area (Å²) in [5.74, 6) is 0. The van der Waals surface area contributed by atoms with Gasteiger partial charge < -0.3 is 15.8 Å². The molecule has 0 saturated carbocycles. The highest BCUT2D eigenvalue weighted by molar-refractivity contribution is 4.95. The van der Waals surface area contributed by atoms with Crippen molar-refractivity contribution >= 4 is 0 Å². The number of nitrogens with two attached hydrogens (primary N) is 1. The van der Waals surface area contributed by atoms with Crippen molar-refractivity contribution in [2.75, 3.05) is 26.3 Å². The van der Waals surface area contributed by atoms with Crippen molar-refractivity contribution in [3.63, 3.8) is 0 Å². The Bertz CT molecular complexity index is 234. The van der Waals surface area contributed by atoms with Crippen molar-refractivity contribution in [2.24, 2.45) is 16.6 Å². The Morgan fingerprint density at radius 1 is 1.18 bits per heavy atom. The highest BCUT2D eigenvalue weighted by Gasteiger charge is 2.22. The maximum Gasteiger partial charge on any atom is 0.0529 e. The van der Waals surface area contributed by atoms with E-state index >= 15 is 0 Å². The average molecular weight is 242 g/mol. The van der Waals surface area contributed by atoms with E-state index in [9.17, 15) is 0 Å². The van der Waals surface area contributed by atoms with Gasteiger partial charge in [-0.1, -0.05) is 34.3 Å². The van der Waals surface area contributed by atoms with Crippen LogP contribution in [-0.4, -0.2) is 26.3 Å². The number of hydrogen-bond acceptors (Lipinski definition) is 3. The summed E-state index contributed by atoms with van der Waals surface area (Å²) >= 11 is 0. The first-order valence-electron chi connectivity index (χ1n) is 6.42. The second-order valence-corrected chi connectivity index (χ2v) is 6.34. The van der Waals surface area contributed by atoms with Gasteiger partial charge in [0.05, 0.1) is 13.2 Å². The number of allylic oxidation sites excluding steroid dienone is 1. The number of nitrogens with one attached hydrogen (secondary N) is 1. The van der Waals surface area contributed by atoms with Crippen LogP contribution >= 0.6 is 0 Å². The number of ether oxygens (including phenoxy) is 1. The molecule has 3 heteroatoms. The lowest BCUT2D eigenvalue weighted by Crippen LogP contribution is -2.31. The van der Waals surface area contributed by atoms with Crippen LogP contribution in [0.2, 0.25) is 0 Å². The predicted octanol–water partition coefficient (Wildman–Crippen LogP) is 2.53. The van der Waals surface area contributed by atoms with Gasteiger partial charge in [0, 0.05) is 17.7 Å². The van der Waals surface area contributed by atoms with Crippen LogP contribution in [0.4, 0.5) is 0 Å². The lowest BCUT2D eigenvalue weighted by molar-refractivity contribution is 0.0178. The highest BCUT2D eigenvalue weighted by Crippen LogP contribution is 2.25. The largest absolute Gasteiger partial charge is 0.389 e. The molecule has 0 aliphatic carbocycles. The van der Waals surface area contributed by atoms with Crippen LogP contribution in [0.3, 0.4) is 0 Å². The Morgan fingerprint density at radius 3 is 2.18 bits per heavy atom. The topological polar surface area (TPSA) is 47.3 Å². The summed E-state index contributed by atoms with van der Waals surface area (Å²) in [6, 6.07) is 0. The van der Waals surface area contributed by atoms with Crippen molar-refractivity contribution in [1.29, 1.82) is 0 Å². The molecule has 0 fully saturated rings. The van der Waals surface area contributed by atoms with E-state index in [0.29, 0.717) is 13.2 Å². The summed E-state index contributed by atoms with van der Waals surface area (Å²) in [6.45, 7) is 17.8. The molecule has 0 saturated heterocycles. The first-order chi connectivity index (χ1) is 7.72. The molecule has 3 N–H and O–H groups in total. The molecule has 0 unspecified atom stereocenters. The van der Waals surface area contributed by atoms with Gasteiger partial charge in [-0.15, -0.1) is 0 Å². The molecule has 0 bridgehead atoms. The van der Waals surface area contributed by atoms with Crippen molar-refractivity contribution < 1.29 is 4.74 Å². The van der Waals surface area contributed by atoms with Gasteiger partial charge in [0.1, 0.15) is 0 Å². The highest BCUT2D eigenvalue weighted by atomic mass is 16.5. The molecule has 0 rings (SSSR count). The van der Waals surface area contributed by atoms with Gasteiger partial charge in [-0.05, 0) is 25.3 Å². The first-order valence-corrected chi connectivity index (χ1v) is 6.42. The minimum Gasteiger partial charge on any atom is -0.389 e. The Hall–Kier alpha value is -0.540. The zero-order chi connectivity index (χ0) is 13.5. The fraction of sp³-hybridized carbons (Fsp3) is 0.857. The molecular weight excluding hydrogens is 212 g/mol. The molecular formula is C14H30N2O. The summed E-state index contributed by atoms with van der Waals surface area (Å²) in [6.07, 6.45) is 0.934. The van der Waals surface area contributed by atoms with Gasteiger partial charge >= 0.3 is 0 Å². The summed E-state index contributed by atoms with van der Waals surface area (Å²) in [5.41, 5.74) is 6.93. The fourth-order valence-electron chi connectivity index (χ4n) is 1.60. The molecule has 0 amide bonds. The molecule has 0 spiro atoms. The summed E-state index contributed by atoms with van der Waals surface area (Å²) in [7, 11) is 0. The van der Waals surface area contributed by atoms with Crippen LogP contribution in [0.1, 0.15) is 41.0 Å². The minimum absolute atomic E-state index is 0.0642. The summed E-state index contributed by atoms with van der Waals surface area (Å²) in [4.78, 5) is 0. The third-order valence-corrected chi connectivity index (χ3v) is 2.66. The van der Waals surface area contributed by atoms with Gasteiger partial charge in [-0.2, -0.15) is 0 Å². The van der Waals surface area contributed by atoms with Crippen molar-refractivity contribution in [3.05, 3.63) is 12.3 Å². The van der Waals surface area contributed by atoms with Crippen LogP contribution in [0.15, 0.2) is 12.3 Å². The molecule has 0 radical (unpaired) electrons. The zero-order valence-corrected chi connectivity index (χ0v) is 12.2. The van der Waals surface area contributed by atoms with Crippen molar-refractivity contribution in [2.45, 2.75) is 41.0 Å². The molecule has 102 valence electrons. The zero-order valence-electron chi connectivity index (χ0n) is 12.2. The molecule has 0 heterocycles. The van der Waals surface area contributed by atoms with Gasteiger partial charge in [-0.25, -0.2) is 0 Å². The fourth-order valence-corrected chi connectivity index (χ4v) is 1.60. The second-order valence-electron chi connectivity index (χ2n) is 6.34. The van der Waals surface area contributed by atoms with Crippen LogP contribution in [-0.2, 0) is 4.74 Å². The Labute approximate surface area is 107 Å². The molecule has 0 aromatic heterocycles. The molecule has 0 aromatic carbocycles. The summed E-state index contributed by atoms with van der Waals surface area (Å²) in [5, 5.41) is 3.25. The van der Waals surface area contributed by atoms with Crippen molar-refractivity contribution in [1.82, 2.24) is 5.32 Å². The smallest absolute Gasteiger partial charge is 0.0529 e. The number of rotatable bonds is 9. The Morgan fingerprint density at radius 2 is 1.71 bits per heavy atom. The monoisotopic (exact) mass is 242 g/mol. The average Bonchev–Trinajstić information content (AvgIpc) is 2.16. The van der Waals surface area contributed by atoms with E-state index in [1.54, 1.807) is 0 Å². The van der Waals surface area contributed by atoms with Crippen LogP contribution in [0, 0.1) is 10.8 Å². The SMILES string of the molecule is C=C(CC(C)(C)COCC(C)(C)CN)NCC. The van der Waals surface area contributed by atoms with Gasteiger partial charge in [0.15, 0.2) is 0 Å². The van der Waals surface area contributed by atoms with E-state index in [0.717, 1.165) is 25.3 Å². The molecule has 17 heavy (non-hydrogen) atoms. The minimum atomic E-state index is 0.0642. The normalized spacial score (nSPS) is 12.6.